The van der Waals surface area contributed by atoms with Crippen LogP contribution in [0.25, 0.3) is 0 Å². The summed E-state index contributed by atoms with van der Waals surface area (Å²) < 4.78 is 7.72. The van der Waals surface area contributed by atoms with Crippen LogP contribution in [0.15, 0.2) is 28.7 Å². The van der Waals surface area contributed by atoms with Crippen molar-refractivity contribution in [3.05, 3.63) is 40.0 Å². The summed E-state index contributed by atoms with van der Waals surface area (Å²) in [5, 5.41) is 13.1. The molecule has 0 saturated carbocycles. The standard InChI is InChI=1S/C12H11BrN2O3/c1-7-5-11(15(2)14-7)18-8-3-4-9(12(16)17)10(13)6-8/h3-6H,1-2H3,(H,16,17). The number of carbonyl (C=O) groups is 1. The second kappa shape index (κ2) is 4.81. The van der Waals surface area contributed by atoms with E-state index in [4.69, 9.17) is 9.84 Å². The lowest BCUT2D eigenvalue weighted by Crippen LogP contribution is -1.99. The number of halogens is 1. The van der Waals surface area contributed by atoms with E-state index >= 15 is 0 Å². The predicted octanol–water partition coefficient (Wildman–Crippen LogP) is 2.98. The highest BCUT2D eigenvalue weighted by molar-refractivity contribution is 9.10. The van der Waals surface area contributed by atoms with Crippen molar-refractivity contribution in [1.29, 1.82) is 0 Å². The van der Waals surface area contributed by atoms with E-state index in [1.54, 1.807) is 29.9 Å². The second-order valence-corrected chi connectivity index (χ2v) is 4.65. The number of carboxylic acids is 1. The minimum Gasteiger partial charge on any atom is -0.478 e. The Balaban J connectivity index is 2.28. The molecule has 0 bridgehead atoms. The van der Waals surface area contributed by atoms with Crippen molar-refractivity contribution in [3.63, 3.8) is 0 Å². The molecule has 0 saturated heterocycles. The quantitative estimate of drug-likeness (QED) is 0.946. The smallest absolute Gasteiger partial charge is 0.336 e. The van der Waals surface area contributed by atoms with E-state index in [2.05, 4.69) is 21.0 Å². The number of benzene rings is 1. The van der Waals surface area contributed by atoms with Crippen LogP contribution in [-0.4, -0.2) is 20.9 Å². The van der Waals surface area contributed by atoms with Crippen molar-refractivity contribution < 1.29 is 14.6 Å². The van der Waals surface area contributed by atoms with Gasteiger partial charge >= 0.3 is 5.97 Å². The Hall–Kier alpha value is -1.82. The first-order valence-corrected chi connectivity index (χ1v) is 5.98. The number of aromatic carboxylic acids is 1. The Bertz CT molecular complexity index is 607. The third kappa shape index (κ3) is 2.53. The normalized spacial score (nSPS) is 10.4. The molecule has 0 amide bonds. The van der Waals surface area contributed by atoms with E-state index in [0.717, 1.165) is 5.69 Å². The summed E-state index contributed by atoms with van der Waals surface area (Å²) in [6.07, 6.45) is 0. The van der Waals surface area contributed by atoms with E-state index in [-0.39, 0.29) is 5.56 Å². The fraction of sp³-hybridized carbons (Fsp3) is 0.167. The van der Waals surface area contributed by atoms with Gasteiger partial charge in [-0.2, -0.15) is 5.10 Å². The van der Waals surface area contributed by atoms with Gasteiger partial charge in [-0.15, -0.1) is 0 Å². The molecular formula is C12H11BrN2O3. The first kappa shape index (κ1) is 12.6. The molecule has 0 aliphatic carbocycles. The number of ether oxygens (including phenoxy) is 1. The largest absolute Gasteiger partial charge is 0.478 e. The van der Waals surface area contributed by atoms with Crippen molar-refractivity contribution in [3.8, 4) is 11.6 Å². The molecule has 0 aliphatic heterocycles. The van der Waals surface area contributed by atoms with Crippen LogP contribution in [-0.2, 0) is 7.05 Å². The lowest BCUT2D eigenvalue weighted by Gasteiger charge is -2.06. The zero-order valence-electron chi connectivity index (χ0n) is 9.85. The number of hydrogen-bond acceptors (Lipinski definition) is 3. The van der Waals surface area contributed by atoms with Crippen LogP contribution in [0.4, 0.5) is 0 Å². The molecule has 1 aromatic heterocycles. The van der Waals surface area contributed by atoms with E-state index < -0.39 is 5.97 Å². The van der Waals surface area contributed by atoms with Crippen LogP contribution in [0.1, 0.15) is 16.1 Å². The number of rotatable bonds is 3. The molecule has 18 heavy (non-hydrogen) atoms. The van der Waals surface area contributed by atoms with E-state index in [0.29, 0.717) is 16.1 Å². The molecule has 0 unspecified atom stereocenters. The van der Waals surface area contributed by atoms with Gasteiger partial charge in [0.15, 0.2) is 0 Å². The molecule has 2 aromatic rings. The van der Waals surface area contributed by atoms with Gasteiger partial charge in [0.25, 0.3) is 0 Å². The summed E-state index contributed by atoms with van der Waals surface area (Å²) in [6.45, 7) is 1.87. The van der Waals surface area contributed by atoms with Crippen molar-refractivity contribution >= 4 is 21.9 Å². The van der Waals surface area contributed by atoms with Crippen LogP contribution in [0.5, 0.6) is 11.6 Å². The minimum absolute atomic E-state index is 0.198. The summed E-state index contributed by atoms with van der Waals surface area (Å²) in [5.41, 5.74) is 1.05. The molecular weight excluding hydrogens is 300 g/mol. The molecule has 0 fully saturated rings. The maximum Gasteiger partial charge on any atom is 0.336 e. The van der Waals surface area contributed by atoms with Gasteiger partial charge in [-0.05, 0) is 41.1 Å². The number of aryl methyl sites for hydroxylation is 2. The summed E-state index contributed by atoms with van der Waals surface area (Å²) in [7, 11) is 1.78. The fourth-order valence-corrected chi connectivity index (χ4v) is 2.06. The molecule has 1 N–H and O–H groups in total. The van der Waals surface area contributed by atoms with Crippen LogP contribution < -0.4 is 4.74 Å². The molecule has 0 spiro atoms. The topological polar surface area (TPSA) is 64.3 Å². The van der Waals surface area contributed by atoms with Gasteiger partial charge in [-0.25, -0.2) is 9.48 Å². The van der Waals surface area contributed by atoms with Crippen LogP contribution >= 0.6 is 15.9 Å². The van der Waals surface area contributed by atoms with Gasteiger partial charge in [-0.3, -0.25) is 0 Å². The molecule has 0 atom stereocenters. The van der Waals surface area contributed by atoms with Crippen LogP contribution in [0.3, 0.4) is 0 Å². The average molecular weight is 311 g/mol. The molecule has 0 radical (unpaired) electrons. The number of carboxylic acid groups (broad SMARTS) is 1. The zero-order chi connectivity index (χ0) is 13.3. The highest BCUT2D eigenvalue weighted by atomic mass is 79.9. The summed E-state index contributed by atoms with van der Waals surface area (Å²) >= 11 is 3.20. The van der Waals surface area contributed by atoms with Crippen LogP contribution in [0, 0.1) is 6.92 Å². The van der Waals surface area contributed by atoms with Gasteiger partial charge in [0.1, 0.15) is 5.75 Å². The Labute approximate surface area is 112 Å². The Morgan fingerprint density at radius 1 is 1.44 bits per heavy atom. The molecule has 6 heteroatoms. The highest BCUT2D eigenvalue weighted by Gasteiger charge is 2.10. The van der Waals surface area contributed by atoms with Gasteiger partial charge < -0.3 is 9.84 Å². The van der Waals surface area contributed by atoms with E-state index in [1.807, 2.05) is 6.92 Å². The van der Waals surface area contributed by atoms with Gasteiger partial charge in [0.2, 0.25) is 5.88 Å². The second-order valence-electron chi connectivity index (χ2n) is 3.80. The Morgan fingerprint density at radius 3 is 2.67 bits per heavy atom. The third-order valence-electron chi connectivity index (χ3n) is 2.35. The Morgan fingerprint density at radius 2 is 2.17 bits per heavy atom. The average Bonchev–Trinajstić information content (AvgIpc) is 2.57. The van der Waals surface area contributed by atoms with Gasteiger partial charge in [0, 0.05) is 17.6 Å². The minimum atomic E-state index is -0.982. The number of hydrogen-bond donors (Lipinski definition) is 1. The lowest BCUT2D eigenvalue weighted by atomic mass is 10.2. The molecule has 0 aliphatic rings. The summed E-state index contributed by atoms with van der Waals surface area (Å²) in [4.78, 5) is 10.9. The third-order valence-corrected chi connectivity index (χ3v) is 3.01. The lowest BCUT2D eigenvalue weighted by molar-refractivity contribution is 0.0696. The predicted molar refractivity (Wildman–Crippen MR) is 69.1 cm³/mol. The van der Waals surface area contributed by atoms with E-state index in [9.17, 15) is 4.79 Å². The molecule has 5 nitrogen and oxygen atoms in total. The van der Waals surface area contributed by atoms with E-state index in [1.165, 1.54) is 6.07 Å². The first-order chi connectivity index (χ1) is 8.47. The summed E-state index contributed by atoms with van der Waals surface area (Å²) in [5.74, 6) is 0.169. The van der Waals surface area contributed by atoms with Crippen LogP contribution in [0.2, 0.25) is 0 Å². The maximum atomic E-state index is 10.9. The molecule has 1 heterocycles. The van der Waals surface area contributed by atoms with Crippen molar-refractivity contribution in [2.24, 2.45) is 7.05 Å². The zero-order valence-corrected chi connectivity index (χ0v) is 11.4. The molecule has 2 rings (SSSR count). The molecule has 94 valence electrons. The molecule has 1 aromatic carbocycles. The summed E-state index contributed by atoms with van der Waals surface area (Å²) in [6, 6.07) is 6.52. The fourth-order valence-electron chi connectivity index (χ4n) is 1.54. The number of aromatic nitrogens is 2. The SMILES string of the molecule is Cc1cc(Oc2ccc(C(=O)O)c(Br)c2)n(C)n1. The van der Waals surface area contributed by atoms with Crippen molar-refractivity contribution in [2.45, 2.75) is 6.92 Å². The van der Waals surface area contributed by atoms with Crippen molar-refractivity contribution in [2.75, 3.05) is 0 Å². The Kier molecular flexibility index (Phi) is 3.38. The first-order valence-electron chi connectivity index (χ1n) is 5.18. The van der Waals surface area contributed by atoms with Crippen molar-refractivity contribution in [1.82, 2.24) is 9.78 Å². The van der Waals surface area contributed by atoms with Gasteiger partial charge in [0.05, 0.1) is 11.3 Å². The highest BCUT2D eigenvalue weighted by Crippen LogP contribution is 2.27. The number of nitrogens with zero attached hydrogens (tertiary/aromatic N) is 2. The monoisotopic (exact) mass is 310 g/mol. The van der Waals surface area contributed by atoms with Gasteiger partial charge in [-0.1, -0.05) is 0 Å². The maximum absolute atomic E-state index is 10.9.